The predicted molar refractivity (Wildman–Crippen MR) is 75.3 cm³/mol. The van der Waals surface area contributed by atoms with Crippen LogP contribution in [0.25, 0.3) is 11.2 Å². The molecule has 2 heterocycles. The number of aromatic nitrogens is 4. The zero-order valence-corrected chi connectivity index (χ0v) is 11.2. The number of nitrogens with one attached hydrogen (secondary N) is 2. The van der Waals surface area contributed by atoms with Crippen LogP contribution in [0.1, 0.15) is 5.56 Å². The maximum absolute atomic E-state index is 9.65. The first-order valence-corrected chi connectivity index (χ1v) is 6.16. The minimum Gasteiger partial charge on any atom is -0.504 e. The van der Waals surface area contributed by atoms with Crippen molar-refractivity contribution in [3.63, 3.8) is 0 Å². The van der Waals surface area contributed by atoms with Gasteiger partial charge in [-0.15, -0.1) is 0 Å². The van der Waals surface area contributed by atoms with Gasteiger partial charge in [0.2, 0.25) is 5.75 Å². The number of phenols is 2. The van der Waals surface area contributed by atoms with Crippen LogP contribution < -0.4 is 10.1 Å². The van der Waals surface area contributed by atoms with E-state index < -0.39 is 0 Å². The van der Waals surface area contributed by atoms with Gasteiger partial charge >= 0.3 is 0 Å². The summed E-state index contributed by atoms with van der Waals surface area (Å²) in [6.07, 6.45) is 2.96. The zero-order valence-electron chi connectivity index (χ0n) is 11.2. The van der Waals surface area contributed by atoms with E-state index in [0.29, 0.717) is 23.5 Å². The van der Waals surface area contributed by atoms with Crippen molar-refractivity contribution in [3.8, 4) is 17.2 Å². The van der Waals surface area contributed by atoms with Crippen LogP contribution in [0.15, 0.2) is 24.8 Å². The monoisotopic (exact) mass is 287 g/mol. The lowest BCUT2D eigenvalue weighted by Crippen LogP contribution is -2.03. The summed E-state index contributed by atoms with van der Waals surface area (Å²) < 4.78 is 5.00. The molecule has 1 aromatic carbocycles. The van der Waals surface area contributed by atoms with E-state index >= 15 is 0 Å². The van der Waals surface area contributed by atoms with Crippen molar-refractivity contribution in [2.75, 3.05) is 12.4 Å². The lowest BCUT2D eigenvalue weighted by atomic mass is 10.2. The lowest BCUT2D eigenvalue weighted by Gasteiger charge is -2.10. The van der Waals surface area contributed by atoms with Crippen molar-refractivity contribution < 1.29 is 14.9 Å². The van der Waals surface area contributed by atoms with E-state index in [2.05, 4.69) is 25.3 Å². The summed E-state index contributed by atoms with van der Waals surface area (Å²) >= 11 is 0. The summed E-state index contributed by atoms with van der Waals surface area (Å²) in [4.78, 5) is 15.2. The molecule has 0 amide bonds. The predicted octanol–water partition coefficient (Wildman–Crippen LogP) is 1.38. The minimum absolute atomic E-state index is 0.209. The third kappa shape index (κ3) is 2.38. The Balaban J connectivity index is 1.85. The van der Waals surface area contributed by atoms with Crippen LogP contribution in [-0.4, -0.2) is 37.3 Å². The number of methoxy groups -OCH3 is 1. The molecule has 0 aliphatic heterocycles. The number of hydrogen-bond donors (Lipinski definition) is 4. The fraction of sp³-hybridized carbons (Fsp3) is 0.154. The first-order valence-electron chi connectivity index (χ1n) is 6.16. The molecule has 21 heavy (non-hydrogen) atoms. The summed E-state index contributed by atoms with van der Waals surface area (Å²) in [5, 5.41) is 22.4. The van der Waals surface area contributed by atoms with E-state index in [9.17, 15) is 10.2 Å². The van der Waals surface area contributed by atoms with E-state index in [4.69, 9.17) is 4.74 Å². The highest BCUT2D eigenvalue weighted by Crippen LogP contribution is 2.36. The molecule has 0 unspecified atom stereocenters. The van der Waals surface area contributed by atoms with Gasteiger partial charge in [0.15, 0.2) is 23.0 Å². The molecule has 108 valence electrons. The summed E-state index contributed by atoms with van der Waals surface area (Å²) in [6.45, 7) is 0.384. The molecule has 0 spiro atoms. The summed E-state index contributed by atoms with van der Waals surface area (Å²) in [5.41, 5.74) is 2.00. The zero-order chi connectivity index (χ0) is 14.8. The molecule has 4 N–H and O–H groups in total. The molecular weight excluding hydrogens is 274 g/mol. The van der Waals surface area contributed by atoms with Crippen molar-refractivity contribution in [1.29, 1.82) is 0 Å². The molecule has 0 aliphatic rings. The number of ether oxygens (including phenoxy) is 1. The third-order valence-corrected chi connectivity index (χ3v) is 3.02. The number of H-pyrrole nitrogens is 1. The van der Waals surface area contributed by atoms with E-state index in [0.717, 1.165) is 5.56 Å². The van der Waals surface area contributed by atoms with E-state index in [1.807, 2.05) is 0 Å². The van der Waals surface area contributed by atoms with Crippen LogP contribution in [0.3, 0.4) is 0 Å². The van der Waals surface area contributed by atoms with Crippen molar-refractivity contribution >= 4 is 17.0 Å². The molecule has 0 aliphatic carbocycles. The summed E-state index contributed by atoms with van der Waals surface area (Å²) in [7, 11) is 1.42. The van der Waals surface area contributed by atoms with E-state index in [1.54, 1.807) is 12.4 Å². The molecule has 0 saturated carbocycles. The molecule has 8 nitrogen and oxygen atoms in total. The van der Waals surface area contributed by atoms with E-state index in [1.165, 1.54) is 19.5 Å². The summed E-state index contributed by atoms with van der Waals surface area (Å²) in [6, 6.07) is 3.09. The van der Waals surface area contributed by atoms with Crippen molar-refractivity contribution in [2.45, 2.75) is 6.54 Å². The second kappa shape index (κ2) is 5.16. The van der Waals surface area contributed by atoms with Gasteiger partial charge in [-0.3, -0.25) is 0 Å². The summed E-state index contributed by atoms with van der Waals surface area (Å²) in [5.74, 6) is 0.296. The van der Waals surface area contributed by atoms with Crippen LogP contribution in [0, 0.1) is 0 Å². The maximum Gasteiger partial charge on any atom is 0.200 e. The van der Waals surface area contributed by atoms with Crippen molar-refractivity contribution in [1.82, 2.24) is 19.9 Å². The van der Waals surface area contributed by atoms with Gasteiger partial charge in [0.25, 0.3) is 0 Å². The minimum atomic E-state index is -0.278. The largest absolute Gasteiger partial charge is 0.504 e. The molecule has 2 aromatic heterocycles. The van der Waals surface area contributed by atoms with Gasteiger partial charge in [-0.05, 0) is 17.7 Å². The number of anilines is 1. The van der Waals surface area contributed by atoms with Crippen LogP contribution in [0.5, 0.6) is 17.2 Å². The Labute approximate surface area is 119 Å². The Morgan fingerprint density at radius 3 is 2.90 bits per heavy atom. The molecule has 8 heteroatoms. The molecule has 3 rings (SSSR count). The highest BCUT2D eigenvalue weighted by molar-refractivity contribution is 5.81. The SMILES string of the molecule is COc1cc(CNc2ncnc3nc[nH]c23)cc(O)c1O. The van der Waals surface area contributed by atoms with Crippen molar-refractivity contribution in [2.24, 2.45) is 0 Å². The molecule has 0 saturated heterocycles. The van der Waals surface area contributed by atoms with Crippen LogP contribution >= 0.6 is 0 Å². The van der Waals surface area contributed by atoms with Crippen LogP contribution in [-0.2, 0) is 6.54 Å². The molecule has 0 radical (unpaired) electrons. The second-order valence-electron chi connectivity index (χ2n) is 4.34. The van der Waals surface area contributed by atoms with Gasteiger partial charge in [-0.1, -0.05) is 0 Å². The second-order valence-corrected chi connectivity index (χ2v) is 4.34. The molecule has 0 atom stereocenters. The fourth-order valence-corrected chi connectivity index (χ4v) is 1.99. The smallest absolute Gasteiger partial charge is 0.200 e. The number of nitrogens with zero attached hydrogens (tertiary/aromatic N) is 3. The highest BCUT2D eigenvalue weighted by atomic mass is 16.5. The number of aromatic hydroxyl groups is 2. The lowest BCUT2D eigenvalue weighted by molar-refractivity contribution is 0.350. The van der Waals surface area contributed by atoms with Crippen molar-refractivity contribution in [3.05, 3.63) is 30.4 Å². The van der Waals surface area contributed by atoms with Crippen LogP contribution in [0.2, 0.25) is 0 Å². The topological polar surface area (TPSA) is 116 Å². The highest BCUT2D eigenvalue weighted by Gasteiger charge is 2.10. The number of aromatic amines is 1. The van der Waals surface area contributed by atoms with Gasteiger partial charge in [-0.2, -0.15) is 0 Å². The molecule has 0 fully saturated rings. The molecule has 3 aromatic rings. The first kappa shape index (κ1) is 13.0. The Hall–Kier alpha value is -3.03. The number of hydrogen-bond acceptors (Lipinski definition) is 7. The van der Waals surface area contributed by atoms with Gasteiger partial charge in [-0.25, -0.2) is 15.0 Å². The number of fused-ring (bicyclic) bond motifs is 1. The Bertz CT molecular complexity index is 787. The Morgan fingerprint density at radius 2 is 2.10 bits per heavy atom. The fourth-order valence-electron chi connectivity index (χ4n) is 1.99. The van der Waals surface area contributed by atoms with Gasteiger partial charge < -0.3 is 25.3 Å². The average molecular weight is 287 g/mol. The van der Waals surface area contributed by atoms with E-state index in [-0.39, 0.29) is 17.2 Å². The number of benzene rings is 1. The standard InChI is InChI=1S/C13H13N5O3/c1-21-9-3-7(2-8(19)11(9)20)4-14-12-10-13(16-5-15-10)18-6-17-12/h2-3,5-6,19-20H,4H2,1H3,(H2,14,15,16,17,18). The normalized spacial score (nSPS) is 10.7. The number of phenolic OH excluding ortho intramolecular Hbond substituents is 2. The number of imidazole rings is 1. The number of rotatable bonds is 4. The van der Waals surface area contributed by atoms with Crippen LogP contribution in [0.4, 0.5) is 5.82 Å². The molecular formula is C13H13N5O3. The quantitative estimate of drug-likeness (QED) is 0.536. The van der Waals surface area contributed by atoms with Gasteiger partial charge in [0.05, 0.1) is 13.4 Å². The third-order valence-electron chi connectivity index (χ3n) is 3.02. The molecule has 0 bridgehead atoms. The average Bonchev–Trinajstić information content (AvgIpc) is 2.97. The Morgan fingerprint density at radius 1 is 1.24 bits per heavy atom. The first-order chi connectivity index (χ1) is 10.2. The van der Waals surface area contributed by atoms with Gasteiger partial charge in [0, 0.05) is 6.54 Å². The maximum atomic E-state index is 9.65. The van der Waals surface area contributed by atoms with Gasteiger partial charge in [0.1, 0.15) is 11.8 Å². The Kier molecular flexibility index (Phi) is 3.19.